The molecule has 0 aliphatic rings. The van der Waals surface area contributed by atoms with Crippen LogP contribution in [0.4, 0.5) is 0 Å². The summed E-state index contributed by atoms with van der Waals surface area (Å²) >= 11 is 1.16. The first-order chi connectivity index (χ1) is 13.0. The van der Waals surface area contributed by atoms with Gasteiger partial charge in [-0.2, -0.15) is 0 Å². The van der Waals surface area contributed by atoms with Crippen LogP contribution in [-0.2, 0) is 16.0 Å². The number of rotatable bonds is 10. The molecular weight excluding hydrogens is 362 g/mol. The number of primary amides is 1. The third kappa shape index (κ3) is 6.57. The number of nitrogens with two attached hydrogens (primary N) is 1. The monoisotopic (exact) mass is 385 g/mol. The molecule has 142 valence electrons. The Labute approximate surface area is 163 Å². The summed E-state index contributed by atoms with van der Waals surface area (Å²) in [7, 11) is 0. The Hall–Kier alpha value is -2.60. The van der Waals surface area contributed by atoms with E-state index in [2.05, 4.69) is 6.92 Å². The quantitative estimate of drug-likeness (QED) is 0.383. The molecule has 0 fully saturated rings. The molecular formula is C21H23NO4S. The second-order valence-corrected chi connectivity index (χ2v) is 7.07. The first-order valence-corrected chi connectivity index (χ1v) is 9.79. The van der Waals surface area contributed by atoms with Crippen LogP contribution in [0, 0.1) is 0 Å². The van der Waals surface area contributed by atoms with Gasteiger partial charge in [0, 0.05) is 10.5 Å². The molecule has 6 heteroatoms. The van der Waals surface area contributed by atoms with E-state index in [9.17, 15) is 14.4 Å². The summed E-state index contributed by atoms with van der Waals surface area (Å²) in [5, 5.41) is 0. The molecule has 0 saturated carbocycles. The molecule has 1 amide bonds. The van der Waals surface area contributed by atoms with Crippen LogP contribution >= 0.6 is 11.8 Å². The van der Waals surface area contributed by atoms with Crippen molar-refractivity contribution in [1.82, 2.24) is 0 Å². The third-order valence-electron chi connectivity index (χ3n) is 3.91. The van der Waals surface area contributed by atoms with Gasteiger partial charge >= 0.3 is 5.97 Å². The predicted octanol–water partition coefficient (Wildman–Crippen LogP) is 3.65. The van der Waals surface area contributed by atoms with Crippen LogP contribution in [0.15, 0.2) is 53.4 Å². The first-order valence-electron chi connectivity index (χ1n) is 8.80. The van der Waals surface area contributed by atoms with E-state index in [1.165, 1.54) is 5.56 Å². The largest absolute Gasteiger partial charge is 0.454 e. The number of thioether (sulfide) groups is 1. The molecule has 0 heterocycles. The summed E-state index contributed by atoms with van der Waals surface area (Å²) in [6, 6.07) is 14.1. The lowest BCUT2D eigenvalue weighted by Crippen LogP contribution is -2.16. The maximum Gasteiger partial charge on any atom is 0.339 e. The number of Topliss-reactive ketones (excluding diaryl/α,β-unsaturated/α-hetero) is 1. The average molecular weight is 385 g/mol. The zero-order valence-electron chi connectivity index (χ0n) is 15.3. The molecule has 0 unspecified atom stereocenters. The van der Waals surface area contributed by atoms with Crippen LogP contribution < -0.4 is 5.73 Å². The first kappa shape index (κ1) is 20.7. The number of esters is 1. The molecule has 0 spiro atoms. The zero-order chi connectivity index (χ0) is 19.6. The van der Waals surface area contributed by atoms with E-state index in [4.69, 9.17) is 10.5 Å². The van der Waals surface area contributed by atoms with Crippen molar-refractivity contribution in [2.75, 3.05) is 12.4 Å². The highest BCUT2D eigenvalue weighted by molar-refractivity contribution is 8.00. The second-order valence-electron chi connectivity index (χ2n) is 6.05. The number of aryl methyl sites for hydroxylation is 1. The van der Waals surface area contributed by atoms with Gasteiger partial charge in [-0.1, -0.05) is 49.7 Å². The molecule has 2 aromatic carbocycles. The molecule has 0 radical (unpaired) electrons. The fourth-order valence-electron chi connectivity index (χ4n) is 2.44. The van der Waals surface area contributed by atoms with Gasteiger partial charge in [-0.05, 0) is 30.5 Å². The van der Waals surface area contributed by atoms with Gasteiger partial charge in [-0.15, -0.1) is 11.8 Å². The summed E-state index contributed by atoms with van der Waals surface area (Å²) in [4.78, 5) is 36.1. The van der Waals surface area contributed by atoms with Crippen LogP contribution in [0.5, 0.6) is 0 Å². The lowest BCUT2D eigenvalue weighted by molar-refractivity contribution is -0.115. The van der Waals surface area contributed by atoms with E-state index in [1.807, 2.05) is 12.1 Å². The van der Waals surface area contributed by atoms with E-state index in [0.29, 0.717) is 16.0 Å². The van der Waals surface area contributed by atoms with E-state index in [1.54, 1.807) is 36.4 Å². The summed E-state index contributed by atoms with van der Waals surface area (Å²) < 4.78 is 5.17. The number of amides is 1. The van der Waals surface area contributed by atoms with Crippen LogP contribution in [0.2, 0.25) is 0 Å². The average Bonchev–Trinajstić information content (AvgIpc) is 2.69. The number of ether oxygens (including phenoxy) is 1. The van der Waals surface area contributed by atoms with Gasteiger partial charge in [0.05, 0.1) is 11.3 Å². The van der Waals surface area contributed by atoms with Crippen LogP contribution in [0.3, 0.4) is 0 Å². The minimum Gasteiger partial charge on any atom is -0.454 e. The Morgan fingerprint density at radius 3 is 2.41 bits per heavy atom. The Kier molecular flexibility index (Phi) is 8.07. The Bertz CT molecular complexity index is 802. The van der Waals surface area contributed by atoms with Gasteiger partial charge in [-0.25, -0.2) is 4.79 Å². The molecule has 0 aliphatic heterocycles. The van der Waals surface area contributed by atoms with Crippen molar-refractivity contribution in [3.63, 3.8) is 0 Å². The summed E-state index contributed by atoms with van der Waals surface area (Å²) in [6.07, 6.45) is 3.22. The molecule has 0 aliphatic carbocycles. The van der Waals surface area contributed by atoms with Crippen LogP contribution in [0.1, 0.15) is 46.0 Å². The molecule has 0 bridgehead atoms. The smallest absolute Gasteiger partial charge is 0.339 e. The van der Waals surface area contributed by atoms with Crippen LogP contribution in [-0.4, -0.2) is 30.0 Å². The lowest BCUT2D eigenvalue weighted by Gasteiger charge is -2.09. The summed E-state index contributed by atoms with van der Waals surface area (Å²) in [5.74, 6) is -1.27. The summed E-state index contributed by atoms with van der Waals surface area (Å²) in [5.41, 5.74) is 7.16. The van der Waals surface area contributed by atoms with E-state index >= 15 is 0 Å². The highest BCUT2D eigenvalue weighted by Crippen LogP contribution is 2.23. The number of carbonyl (C=O) groups is 3. The minimum absolute atomic E-state index is 0.0631. The van der Waals surface area contributed by atoms with Gasteiger partial charge < -0.3 is 10.5 Å². The fraction of sp³-hybridized carbons (Fsp3) is 0.286. The highest BCUT2D eigenvalue weighted by Gasteiger charge is 2.16. The molecule has 0 atom stereocenters. The predicted molar refractivity (Wildman–Crippen MR) is 106 cm³/mol. The molecule has 2 rings (SSSR count). The maximum absolute atomic E-state index is 12.3. The van der Waals surface area contributed by atoms with Crippen molar-refractivity contribution >= 4 is 29.4 Å². The maximum atomic E-state index is 12.3. The third-order valence-corrected chi connectivity index (χ3v) is 5.00. The number of hydrogen-bond donors (Lipinski definition) is 1. The molecule has 27 heavy (non-hydrogen) atoms. The van der Waals surface area contributed by atoms with Crippen molar-refractivity contribution in [2.24, 2.45) is 5.73 Å². The lowest BCUT2D eigenvalue weighted by atomic mass is 10.0. The number of unbranched alkanes of at least 4 members (excludes halogenated alkanes) is 1. The molecule has 0 aromatic heterocycles. The van der Waals surface area contributed by atoms with Crippen molar-refractivity contribution in [3.8, 4) is 0 Å². The number of benzene rings is 2. The van der Waals surface area contributed by atoms with Crippen molar-refractivity contribution in [3.05, 3.63) is 65.2 Å². The standard InChI is InChI=1S/C21H23NO4S/c1-2-3-6-15-9-11-16(12-10-15)18(23)13-26-21(25)17-7-4-5-8-19(17)27-14-20(22)24/h4-5,7-12H,2-3,6,13-14H2,1H3,(H2,22,24). The Morgan fingerprint density at radius 1 is 1.04 bits per heavy atom. The molecule has 2 aromatic rings. The van der Waals surface area contributed by atoms with Crippen LogP contribution in [0.25, 0.3) is 0 Å². The number of carbonyl (C=O) groups excluding carboxylic acids is 3. The molecule has 0 saturated heterocycles. The van der Waals surface area contributed by atoms with Crippen molar-refractivity contribution in [1.29, 1.82) is 0 Å². The SMILES string of the molecule is CCCCc1ccc(C(=O)COC(=O)c2ccccc2SCC(N)=O)cc1. The van der Waals surface area contributed by atoms with Gasteiger partial charge in [0.15, 0.2) is 12.4 Å². The Balaban J connectivity index is 1.95. The fourth-order valence-corrected chi connectivity index (χ4v) is 3.22. The molecule has 5 nitrogen and oxygen atoms in total. The van der Waals surface area contributed by atoms with Gasteiger partial charge in [0.25, 0.3) is 0 Å². The summed E-state index contributed by atoms with van der Waals surface area (Å²) in [6.45, 7) is 1.80. The van der Waals surface area contributed by atoms with E-state index in [-0.39, 0.29) is 18.1 Å². The molecule has 2 N–H and O–H groups in total. The topological polar surface area (TPSA) is 86.5 Å². The minimum atomic E-state index is -0.601. The normalized spacial score (nSPS) is 10.4. The highest BCUT2D eigenvalue weighted by atomic mass is 32.2. The number of ketones is 1. The van der Waals surface area contributed by atoms with Crippen molar-refractivity contribution in [2.45, 2.75) is 31.1 Å². The zero-order valence-corrected chi connectivity index (χ0v) is 16.1. The van der Waals surface area contributed by atoms with E-state index in [0.717, 1.165) is 31.0 Å². The van der Waals surface area contributed by atoms with Gasteiger partial charge in [0.2, 0.25) is 5.91 Å². The van der Waals surface area contributed by atoms with Gasteiger partial charge in [-0.3, -0.25) is 9.59 Å². The Morgan fingerprint density at radius 2 is 1.74 bits per heavy atom. The van der Waals surface area contributed by atoms with Crippen molar-refractivity contribution < 1.29 is 19.1 Å². The van der Waals surface area contributed by atoms with E-state index < -0.39 is 11.9 Å². The number of hydrogen-bond acceptors (Lipinski definition) is 5. The van der Waals surface area contributed by atoms with Gasteiger partial charge in [0.1, 0.15) is 0 Å². The second kappa shape index (κ2) is 10.5.